The number of amides is 1. The van der Waals surface area contributed by atoms with E-state index < -0.39 is 0 Å². The Bertz CT molecular complexity index is 613. The standard InChI is InChI=1S/C15H18N4OS/c1-11(20)19-8-4-5-12(9-19)13-10-21-15(17-13)18-14-6-2-3-7-16-14/h2-3,6-7,10,12H,4-5,8-9H2,1H3,(H,16,17,18)/t12-/m0/s1. The zero-order chi connectivity index (χ0) is 14.7. The van der Waals surface area contributed by atoms with Gasteiger partial charge in [0.15, 0.2) is 5.13 Å². The van der Waals surface area contributed by atoms with Gasteiger partial charge in [-0.25, -0.2) is 9.97 Å². The Morgan fingerprint density at radius 1 is 1.48 bits per heavy atom. The topological polar surface area (TPSA) is 58.1 Å². The van der Waals surface area contributed by atoms with E-state index in [4.69, 9.17) is 0 Å². The maximum atomic E-state index is 11.5. The van der Waals surface area contributed by atoms with Crippen LogP contribution in [-0.4, -0.2) is 33.9 Å². The smallest absolute Gasteiger partial charge is 0.219 e. The van der Waals surface area contributed by atoms with Crippen LogP contribution in [0.3, 0.4) is 0 Å². The SMILES string of the molecule is CC(=O)N1CCC[C@H](c2csc(Nc3ccccn3)n2)C1. The molecule has 3 heterocycles. The van der Waals surface area contributed by atoms with Crippen molar-refractivity contribution in [3.05, 3.63) is 35.5 Å². The second-order valence-corrected chi connectivity index (χ2v) is 6.08. The predicted molar refractivity (Wildman–Crippen MR) is 83.9 cm³/mol. The molecule has 0 aromatic carbocycles. The van der Waals surface area contributed by atoms with Crippen LogP contribution < -0.4 is 5.32 Å². The fraction of sp³-hybridized carbons (Fsp3) is 0.400. The van der Waals surface area contributed by atoms with E-state index in [1.165, 1.54) is 0 Å². The van der Waals surface area contributed by atoms with Crippen LogP contribution in [0.2, 0.25) is 0 Å². The number of carbonyl (C=O) groups excluding carboxylic acids is 1. The fourth-order valence-corrected chi connectivity index (χ4v) is 3.38. The minimum Gasteiger partial charge on any atom is -0.342 e. The lowest BCUT2D eigenvalue weighted by molar-refractivity contribution is -0.130. The molecular formula is C15H18N4OS. The molecular weight excluding hydrogens is 284 g/mol. The van der Waals surface area contributed by atoms with Crippen LogP contribution in [0.1, 0.15) is 31.4 Å². The number of aromatic nitrogens is 2. The molecule has 3 rings (SSSR count). The number of rotatable bonds is 3. The maximum absolute atomic E-state index is 11.5. The summed E-state index contributed by atoms with van der Waals surface area (Å²) < 4.78 is 0. The highest BCUT2D eigenvalue weighted by molar-refractivity contribution is 7.13. The third kappa shape index (κ3) is 3.39. The van der Waals surface area contributed by atoms with Crippen molar-refractivity contribution >= 4 is 28.2 Å². The molecule has 110 valence electrons. The zero-order valence-corrected chi connectivity index (χ0v) is 12.8. The van der Waals surface area contributed by atoms with Gasteiger partial charge in [-0.1, -0.05) is 6.07 Å². The number of thiazole rings is 1. The molecule has 1 saturated heterocycles. The van der Waals surface area contributed by atoms with E-state index >= 15 is 0 Å². The molecule has 1 amide bonds. The summed E-state index contributed by atoms with van der Waals surface area (Å²) in [6.45, 7) is 3.29. The van der Waals surface area contributed by atoms with Gasteiger partial charge in [-0.05, 0) is 25.0 Å². The van der Waals surface area contributed by atoms with Crippen molar-refractivity contribution in [3.63, 3.8) is 0 Å². The van der Waals surface area contributed by atoms with Gasteiger partial charge in [0, 0.05) is 37.5 Å². The Labute approximate surface area is 128 Å². The Hall–Kier alpha value is -1.95. The molecule has 2 aromatic heterocycles. The van der Waals surface area contributed by atoms with Crippen LogP contribution in [0.4, 0.5) is 10.9 Å². The second-order valence-electron chi connectivity index (χ2n) is 5.22. The van der Waals surface area contributed by atoms with Crippen molar-refractivity contribution < 1.29 is 4.79 Å². The molecule has 1 aliphatic rings. The van der Waals surface area contributed by atoms with Gasteiger partial charge >= 0.3 is 0 Å². The summed E-state index contributed by atoms with van der Waals surface area (Å²) in [7, 11) is 0. The van der Waals surface area contributed by atoms with E-state index in [-0.39, 0.29) is 5.91 Å². The van der Waals surface area contributed by atoms with Crippen molar-refractivity contribution in [2.24, 2.45) is 0 Å². The fourth-order valence-electron chi connectivity index (χ4n) is 2.58. The first kappa shape index (κ1) is 14.0. The van der Waals surface area contributed by atoms with Crippen LogP contribution in [0.5, 0.6) is 0 Å². The van der Waals surface area contributed by atoms with Crippen LogP contribution in [0.15, 0.2) is 29.8 Å². The Morgan fingerprint density at radius 3 is 3.14 bits per heavy atom. The summed E-state index contributed by atoms with van der Waals surface area (Å²) in [4.78, 5) is 22.3. The number of pyridine rings is 1. The predicted octanol–water partition coefficient (Wildman–Crippen LogP) is 3.01. The summed E-state index contributed by atoms with van der Waals surface area (Å²) in [5, 5.41) is 6.15. The van der Waals surface area contributed by atoms with Crippen molar-refractivity contribution in [3.8, 4) is 0 Å². The highest BCUT2D eigenvalue weighted by atomic mass is 32.1. The summed E-state index contributed by atoms with van der Waals surface area (Å²) in [6, 6.07) is 5.74. The number of hydrogen-bond donors (Lipinski definition) is 1. The number of carbonyl (C=O) groups is 1. The molecule has 0 bridgehead atoms. The first-order valence-electron chi connectivity index (χ1n) is 7.11. The third-order valence-electron chi connectivity index (χ3n) is 3.71. The van der Waals surface area contributed by atoms with Crippen molar-refractivity contribution in [2.45, 2.75) is 25.7 Å². The molecule has 1 N–H and O–H groups in total. The average molecular weight is 302 g/mol. The molecule has 1 fully saturated rings. The Kier molecular flexibility index (Phi) is 4.15. The minimum absolute atomic E-state index is 0.154. The first-order valence-corrected chi connectivity index (χ1v) is 7.99. The van der Waals surface area contributed by atoms with Gasteiger partial charge in [0.1, 0.15) is 5.82 Å². The summed E-state index contributed by atoms with van der Waals surface area (Å²) in [5.74, 6) is 1.30. The van der Waals surface area contributed by atoms with Crippen LogP contribution >= 0.6 is 11.3 Å². The lowest BCUT2D eigenvalue weighted by atomic mass is 9.95. The van der Waals surface area contributed by atoms with Gasteiger partial charge < -0.3 is 10.2 Å². The molecule has 0 unspecified atom stereocenters. The number of anilines is 2. The largest absolute Gasteiger partial charge is 0.342 e. The van der Waals surface area contributed by atoms with Crippen molar-refractivity contribution in [1.29, 1.82) is 0 Å². The normalized spacial score (nSPS) is 18.5. The molecule has 0 radical (unpaired) electrons. The van der Waals surface area contributed by atoms with Crippen LogP contribution in [-0.2, 0) is 4.79 Å². The van der Waals surface area contributed by atoms with Crippen LogP contribution in [0.25, 0.3) is 0 Å². The Balaban J connectivity index is 1.68. The molecule has 1 atom stereocenters. The van der Waals surface area contributed by atoms with E-state index in [1.807, 2.05) is 23.1 Å². The molecule has 1 aliphatic heterocycles. The van der Waals surface area contributed by atoms with E-state index in [9.17, 15) is 4.79 Å². The van der Waals surface area contributed by atoms with Crippen molar-refractivity contribution in [2.75, 3.05) is 18.4 Å². The molecule has 0 saturated carbocycles. The van der Waals surface area contributed by atoms with Gasteiger partial charge in [-0.2, -0.15) is 0 Å². The molecule has 0 aliphatic carbocycles. The summed E-state index contributed by atoms with van der Waals surface area (Å²) >= 11 is 1.58. The van der Waals surface area contributed by atoms with Crippen LogP contribution in [0, 0.1) is 0 Å². The highest BCUT2D eigenvalue weighted by Crippen LogP contribution is 2.30. The molecule has 6 heteroatoms. The van der Waals surface area contributed by atoms with E-state index in [0.29, 0.717) is 5.92 Å². The highest BCUT2D eigenvalue weighted by Gasteiger charge is 2.24. The maximum Gasteiger partial charge on any atom is 0.219 e. The summed E-state index contributed by atoms with van der Waals surface area (Å²) in [6.07, 6.45) is 3.89. The van der Waals surface area contributed by atoms with Crippen molar-refractivity contribution in [1.82, 2.24) is 14.9 Å². The zero-order valence-electron chi connectivity index (χ0n) is 12.0. The minimum atomic E-state index is 0.154. The third-order valence-corrected chi connectivity index (χ3v) is 4.48. The molecule has 5 nitrogen and oxygen atoms in total. The molecule has 0 spiro atoms. The van der Waals surface area contributed by atoms with Gasteiger partial charge in [0.05, 0.1) is 5.69 Å². The monoisotopic (exact) mass is 302 g/mol. The number of hydrogen-bond acceptors (Lipinski definition) is 5. The summed E-state index contributed by atoms with van der Waals surface area (Å²) in [5.41, 5.74) is 1.07. The van der Waals surface area contributed by atoms with Gasteiger partial charge in [-0.3, -0.25) is 4.79 Å². The number of nitrogens with one attached hydrogen (secondary N) is 1. The molecule has 2 aromatic rings. The average Bonchev–Trinajstić information content (AvgIpc) is 2.97. The quantitative estimate of drug-likeness (QED) is 0.947. The lowest BCUT2D eigenvalue weighted by Crippen LogP contribution is -2.37. The van der Waals surface area contributed by atoms with E-state index in [2.05, 4.69) is 20.7 Å². The van der Waals surface area contributed by atoms with Gasteiger partial charge in [0.25, 0.3) is 0 Å². The van der Waals surface area contributed by atoms with E-state index in [1.54, 1.807) is 24.5 Å². The number of nitrogens with zero attached hydrogens (tertiary/aromatic N) is 3. The first-order chi connectivity index (χ1) is 10.2. The second kappa shape index (κ2) is 6.22. The lowest BCUT2D eigenvalue weighted by Gasteiger charge is -2.31. The molecule has 21 heavy (non-hydrogen) atoms. The number of likely N-dealkylation sites (tertiary alicyclic amines) is 1. The van der Waals surface area contributed by atoms with E-state index in [0.717, 1.165) is 42.6 Å². The van der Waals surface area contributed by atoms with Gasteiger partial charge in [0.2, 0.25) is 5.91 Å². The number of piperidine rings is 1. The van der Waals surface area contributed by atoms with Gasteiger partial charge in [-0.15, -0.1) is 11.3 Å². The Morgan fingerprint density at radius 2 is 2.38 bits per heavy atom.